The Morgan fingerprint density at radius 2 is 1.79 bits per heavy atom. The third-order valence-corrected chi connectivity index (χ3v) is 4.22. The number of aliphatic carboxylic acids is 1. The predicted molar refractivity (Wildman–Crippen MR) is 69.7 cm³/mol. The fourth-order valence-electron chi connectivity index (χ4n) is 3.26. The van der Waals surface area contributed by atoms with Crippen molar-refractivity contribution in [1.29, 1.82) is 0 Å². The van der Waals surface area contributed by atoms with Gasteiger partial charge in [0, 0.05) is 12.5 Å². The molecule has 1 saturated heterocycles. The minimum absolute atomic E-state index is 0.0149. The normalized spacial score (nSPS) is 22.5. The summed E-state index contributed by atoms with van der Waals surface area (Å²) >= 11 is 0. The summed E-state index contributed by atoms with van der Waals surface area (Å²) in [5.74, 6) is -0.931. The third-order valence-electron chi connectivity index (χ3n) is 4.22. The minimum Gasteiger partial charge on any atom is -0.480 e. The summed E-state index contributed by atoms with van der Waals surface area (Å²) in [4.78, 5) is 25.2. The number of carbonyl (C=O) groups excluding carboxylic acids is 1. The van der Waals surface area contributed by atoms with E-state index >= 15 is 0 Å². The number of carboxylic acids is 1. The van der Waals surface area contributed by atoms with Gasteiger partial charge >= 0.3 is 5.97 Å². The number of hydrogen-bond acceptors (Lipinski definition) is 2. The first-order valence-electron chi connectivity index (χ1n) is 6.77. The summed E-state index contributed by atoms with van der Waals surface area (Å²) in [7, 11) is 0. The van der Waals surface area contributed by atoms with Gasteiger partial charge in [-0.05, 0) is 36.8 Å². The molecule has 0 bridgehead atoms. The summed E-state index contributed by atoms with van der Waals surface area (Å²) in [5.41, 5.74) is 2.46. The fourth-order valence-corrected chi connectivity index (χ4v) is 3.26. The number of rotatable bonds is 2. The predicted octanol–water partition coefficient (Wildman–Crippen LogP) is 1.48. The quantitative estimate of drug-likeness (QED) is 0.875. The highest BCUT2D eigenvalue weighted by Gasteiger charge is 2.38. The van der Waals surface area contributed by atoms with Gasteiger partial charge in [-0.2, -0.15) is 0 Å². The van der Waals surface area contributed by atoms with Crippen LogP contribution < -0.4 is 0 Å². The lowest BCUT2D eigenvalue weighted by Gasteiger charge is -2.24. The standard InChI is InChI=1S/C15H17NO3/c17-14(16-7-3-6-13(16)15(18)19)12-8-10-4-1-2-5-11(10)9-12/h1-2,4-5,12-13H,3,6-9H2,(H,18,19)/t13-/m1/s1. The lowest BCUT2D eigenvalue weighted by atomic mass is 10.0. The van der Waals surface area contributed by atoms with Crippen LogP contribution in [0.25, 0.3) is 0 Å². The van der Waals surface area contributed by atoms with E-state index < -0.39 is 12.0 Å². The summed E-state index contributed by atoms with van der Waals surface area (Å²) in [6.07, 6.45) is 2.87. The van der Waals surface area contributed by atoms with Crippen LogP contribution in [0, 0.1) is 5.92 Å². The molecule has 3 rings (SSSR count). The Morgan fingerprint density at radius 3 is 2.37 bits per heavy atom. The van der Waals surface area contributed by atoms with Crippen LogP contribution in [-0.2, 0) is 22.4 Å². The van der Waals surface area contributed by atoms with Gasteiger partial charge in [0.2, 0.25) is 5.91 Å². The number of amides is 1. The summed E-state index contributed by atoms with van der Waals surface area (Å²) in [6, 6.07) is 7.47. The first-order chi connectivity index (χ1) is 9.16. The van der Waals surface area contributed by atoms with Crippen LogP contribution in [0.15, 0.2) is 24.3 Å². The van der Waals surface area contributed by atoms with Crippen molar-refractivity contribution in [3.63, 3.8) is 0 Å². The van der Waals surface area contributed by atoms with Crippen molar-refractivity contribution in [2.75, 3.05) is 6.54 Å². The zero-order valence-electron chi connectivity index (χ0n) is 10.7. The highest BCUT2D eigenvalue weighted by Crippen LogP contribution is 2.30. The van der Waals surface area contributed by atoms with Crippen molar-refractivity contribution in [2.24, 2.45) is 5.92 Å². The molecule has 1 heterocycles. The average molecular weight is 259 g/mol. The Hall–Kier alpha value is -1.84. The lowest BCUT2D eigenvalue weighted by molar-refractivity contribution is -0.149. The van der Waals surface area contributed by atoms with E-state index in [1.807, 2.05) is 12.1 Å². The molecule has 1 aliphatic carbocycles. The van der Waals surface area contributed by atoms with Gasteiger partial charge in [-0.25, -0.2) is 4.79 Å². The van der Waals surface area contributed by atoms with Gasteiger partial charge in [-0.15, -0.1) is 0 Å². The summed E-state index contributed by atoms with van der Waals surface area (Å²) in [6.45, 7) is 0.586. The zero-order chi connectivity index (χ0) is 13.4. The van der Waals surface area contributed by atoms with Gasteiger partial charge < -0.3 is 10.0 Å². The Kier molecular flexibility index (Phi) is 3.01. The molecular weight excluding hydrogens is 242 g/mol. The topological polar surface area (TPSA) is 57.6 Å². The number of carboxylic acid groups (broad SMARTS) is 1. The Labute approximate surface area is 112 Å². The van der Waals surface area contributed by atoms with Gasteiger partial charge in [0.25, 0.3) is 0 Å². The largest absolute Gasteiger partial charge is 0.480 e. The molecular formula is C15H17NO3. The second kappa shape index (κ2) is 4.68. The molecule has 0 aromatic heterocycles. The van der Waals surface area contributed by atoms with Crippen LogP contribution in [-0.4, -0.2) is 34.5 Å². The number of fused-ring (bicyclic) bond motifs is 1. The molecule has 1 aromatic rings. The molecule has 19 heavy (non-hydrogen) atoms. The molecule has 1 aliphatic heterocycles. The van der Waals surface area contributed by atoms with Crippen molar-refractivity contribution < 1.29 is 14.7 Å². The number of benzene rings is 1. The van der Waals surface area contributed by atoms with Crippen LogP contribution in [0.5, 0.6) is 0 Å². The first-order valence-corrected chi connectivity index (χ1v) is 6.77. The van der Waals surface area contributed by atoms with Gasteiger partial charge in [-0.1, -0.05) is 24.3 Å². The molecule has 1 amide bonds. The van der Waals surface area contributed by atoms with Crippen LogP contribution in [0.4, 0.5) is 0 Å². The highest BCUT2D eigenvalue weighted by molar-refractivity contribution is 5.86. The second-order valence-corrected chi connectivity index (χ2v) is 5.40. The number of carbonyl (C=O) groups is 2. The molecule has 2 aliphatic rings. The molecule has 0 unspecified atom stereocenters. The number of nitrogens with zero attached hydrogens (tertiary/aromatic N) is 1. The molecule has 4 heteroatoms. The summed E-state index contributed by atoms with van der Waals surface area (Å²) in [5, 5.41) is 9.16. The maximum Gasteiger partial charge on any atom is 0.326 e. The molecule has 0 spiro atoms. The molecule has 0 radical (unpaired) electrons. The van der Waals surface area contributed by atoms with E-state index in [2.05, 4.69) is 12.1 Å². The van der Waals surface area contributed by atoms with Crippen LogP contribution >= 0.6 is 0 Å². The SMILES string of the molecule is O=C(O)[C@H]1CCCN1C(=O)C1Cc2ccccc2C1. The number of likely N-dealkylation sites (tertiary alicyclic amines) is 1. The molecule has 1 aromatic carbocycles. The van der Waals surface area contributed by atoms with Gasteiger partial charge in [0.15, 0.2) is 0 Å². The first kappa shape index (κ1) is 12.2. The van der Waals surface area contributed by atoms with Gasteiger partial charge in [0.1, 0.15) is 6.04 Å². The van der Waals surface area contributed by atoms with E-state index in [-0.39, 0.29) is 11.8 Å². The summed E-state index contributed by atoms with van der Waals surface area (Å²) < 4.78 is 0. The molecule has 1 atom stereocenters. The van der Waals surface area contributed by atoms with Crippen molar-refractivity contribution in [2.45, 2.75) is 31.7 Å². The van der Waals surface area contributed by atoms with Crippen molar-refractivity contribution in [3.05, 3.63) is 35.4 Å². The lowest BCUT2D eigenvalue weighted by Crippen LogP contribution is -2.43. The van der Waals surface area contributed by atoms with E-state index in [1.54, 1.807) is 4.90 Å². The van der Waals surface area contributed by atoms with Crippen LogP contribution in [0.2, 0.25) is 0 Å². The molecule has 100 valence electrons. The van der Waals surface area contributed by atoms with Gasteiger partial charge in [-0.3, -0.25) is 4.79 Å². The van der Waals surface area contributed by atoms with E-state index in [0.717, 1.165) is 19.3 Å². The maximum absolute atomic E-state index is 12.5. The second-order valence-electron chi connectivity index (χ2n) is 5.40. The maximum atomic E-state index is 12.5. The van der Waals surface area contributed by atoms with E-state index in [4.69, 9.17) is 5.11 Å². The van der Waals surface area contributed by atoms with Gasteiger partial charge in [0.05, 0.1) is 0 Å². The van der Waals surface area contributed by atoms with Crippen LogP contribution in [0.3, 0.4) is 0 Å². The Morgan fingerprint density at radius 1 is 1.16 bits per heavy atom. The van der Waals surface area contributed by atoms with Crippen LogP contribution in [0.1, 0.15) is 24.0 Å². The number of hydrogen-bond donors (Lipinski definition) is 1. The molecule has 0 saturated carbocycles. The Balaban J connectivity index is 1.74. The molecule has 1 N–H and O–H groups in total. The smallest absolute Gasteiger partial charge is 0.326 e. The third kappa shape index (κ3) is 2.11. The van der Waals surface area contributed by atoms with Crippen molar-refractivity contribution in [1.82, 2.24) is 4.90 Å². The van der Waals surface area contributed by atoms with E-state index in [0.29, 0.717) is 13.0 Å². The van der Waals surface area contributed by atoms with Crippen molar-refractivity contribution >= 4 is 11.9 Å². The Bertz CT molecular complexity index is 501. The average Bonchev–Trinajstić information content (AvgIpc) is 3.04. The highest BCUT2D eigenvalue weighted by atomic mass is 16.4. The molecule has 1 fully saturated rings. The minimum atomic E-state index is -0.874. The van der Waals surface area contributed by atoms with Crippen molar-refractivity contribution in [3.8, 4) is 0 Å². The van der Waals surface area contributed by atoms with E-state index in [9.17, 15) is 9.59 Å². The fraction of sp³-hybridized carbons (Fsp3) is 0.467. The zero-order valence-corrected chi connectivity index (χ0v) is 10.7. The van der Waals surface area contributed by atoms with E-state index in [1.165, 1.54) is 11.1 Å². The monoisotopic (exact) mass is 259 g/mol. The molecule has 4 nitrogen and oxygen atoms in total.